The van der Waals surface area contributed by atoms with Crippen molar-refractivity contribution >= 4 is 7.91 Å². The molecule has 0 amide bonds. The van der Waals surface area contributed by atoms with E-state index in [2.05, 4.69) is 4.52 Å². The Kier molecular flexibility index (Phi) is 4.06. The van der Waals surface area contributed by atoms with Crippen molar-refractivity contribution in [1.82, 2.24) is 0 Å². The molecule has 3 nitrogen and oxygen atoms in total. The third-order valence-electron chi connectivity index (χ3n) is 1.22. The lowest BCUT2D eigenvalue weighted by molar-refractivity contribution is -0.315. The molecule has 0 aliphatic carbocycles. The summed E-state index contributed by atoms with van der Waals surface area (Å²) in [6, 6.07) is 0. The summed E-state index contributed by atoms with van der Waals surface area (Å²) in [5, 5.41) is 0. The van der Waals surface area contributed by atoms with Gasteiger partial charge in [-0.15, -0.1) is 4.20 Å². The molecule has 1 N–H and O–H groups in total. The average Bonchev–Trinajstić information content (AvgIpc) is 1.79. The van der Waals surface area contributed by atoms with Crippen molar-refractivity contribution in [1.29, 1.82) is 0 Å². The number of hydrogen-bond acceptors (Lipinski definition) is 2. The Hall–Kier alpha value is -0.200. The van der Waals surface area contributed by atoms with E-state index in [-0.39, 0.29) is 6.42 Å². The van der Waals surface area contributed by atoms with Crippen LogP contribution >= 0.6 is 7.91 Å². The van der Waals surface area contributed by atoms with E-state index in [9.17, 15) is 26.3 Å². The van der Waals surface area contributed by atoms with E-state index in [1.807, 2.05) is 0 Å². The van der Waals surface area contributed by atoms with Crippen LogP contribution in [0.3, 0.4) is 0 Å². The smallest absolute Gasteiger partial charge is 0.299 e. The first-order chi connectivity index (χ1) is 6.02. The van der Waals surface area contributed by atoms with Crippen LogP contribution in [0.15, 0.2) is 0 Å². The van der Waals surface area contributed by atoms with Crippen LogP contribution in [0.2, 0.25) is 0 Å². The minimum Gasteiger partial charge on any atom is -0.299 e. The topological polar surface area (TPSA) is 46.5 Å². The molecule has 0 saturated heterocycles. The zero-order valence-corrected chi connectivity index (χ0v) is 7.91. The summed E-state index contributed by atoms with van der Waals surface area (Å²) in [5.74, 6) is -4.67. The summed E-state index contributed by atoms with van der Waals surface area (Å²) in [7, 11) is -6.14. The second-order valence-electron chi connectivity index (χ2n) is 2.51. The van der Waals surface area contributed by atoms with Crippen molar-refractivity contribution in [2.24, 2.45) is 0 Å². The lowest BCUT2D eigenvalue weighted by Gasteiger charge is -2.24. The molecule has 9 heteroatoms. The summed E-state index contributed by atoms with van der Waals surface area (Å²) in [6.07, 6.45) is -6.88. The molecule has 0 fully saturated rings. The highest BCUT2D eigenvalue weighted by Gasteiger charge is 2.60. The second kappa shape index (κ2) is 4.12. The second-order valence-corrected chi connectivity index (χ2v) is 3.60. The van der Waals surface area contributed by atoms with Gasteiger partial charge in [-0.1, -0.05) is 13.3 Å². The first-order valence-electron chi connectivity index (χ1n) is 3.50. The van der Waals surface area contributed by atoms with Crippen molar-refractivity contribution in [3.63, 3.8) is 0 Å². The third kappa shape index (κ3) is 3.89. The van der Waals surface area contributed by atoms with Crippen LogP contribution in [0, 0.1) is 0 Å². The van der Waals surface area contributed by atoms with Crippen LogP contribution in [0.5, 0.6) is 0 Å². The third-order valence-corrected chi connectivity index (χ3v) is 1.67. The van der Waals surface area contributed by atoms with Gasteiger partial charge in [0.25, 0.3) is 0 Å². The van der Waals surface area contributed by atoms with Crippen molar-refractivity contribution in [2.45, 2.75) is 31.8 Å². The fraction of sp³-hybridized carbons (Fsp3) is 1.00. The van der Waals surface area contributed by atoms with Crippen LogP contribution in [-0.4, -0.2) is 16.9 Å². The highest BCUT2D eigenvalue weighted by Crippen LogP contribution is 2.53. The number of alkyl halides is 4. The highest BCUT2D eigenvalue weighted by molar-refractivity contribution is 7.46. The van der Waals surface area contributed by atoms with Gasteiger partial charge in [-0.25, -0.2) is 9.09 Å². The molecule has 0 aromatic heterocycles. The molecule has 0 aromatic carbocycles. The summed E-state index contributed by atoms with van der Waals surface area (Å²) in [4.78, 5) is 7.74. The van der Waals surface area contributed by atoms with Crippen LogP contribution < -0.4 is 0 Å². The number of hydrogen-bond donors (Lipinski definition) is 1. The molecule has 86 valence electrons. The first-order valence-corrected chi connectivity index (χ1v) is 4.97. The molecule has 0 bridgehead atoms. The normalized spacial score (nSPS) is 17.9. The fourth-order valence-electron chi connectivity index (χ4n) is 0.668. The number of rotatable bonds is 5. The Labute approximate surface area is 76.5 Å². The van der Waals surface area contributed by atoms with Crippen LogP contribution in [0.1, 0.15) is 19.8 Å². The maximum atomic E-state index is 12.5. The monoisotopic (exact) mass is 242 g/mol. The molecule has 0 saturated carbocycles. The van der Waals surface area contributed by atoms with Crippen molar-refractivity contribution in [3.8, 4) is 0 Å². The van der Waals surface area contributed by atoms with Gasteiger partial charge < -0.3 is 0 Å². The Morgan fingerprint density at radius 2 is 1.79 bits per heavy atom. The van der Waals surface area contributed by atoms with Crippen molar-refractivity contribution < 1.29 is 35.7 Å². The van der Waals surface area contributed by atoms with Crippen LogP contribution in [0.25, 0.3) is 0 Å². The Morgan fingerprint density at radius 1 is 1.36 bits per heavy atom. The van der Waals surface area contributed by atoms with Gasteiger partial charge in [0.2, 0.25) is 0 Å². The molecule has 0 heterocycles. The fourth-order valence-corrected chi connectivity index (χ4v) is 1.08. The molecule has 0 rings (SSSR count). The Morgan fingerprint density at radius 3 is 2.07 bits per heavy atom. The van der Waals surface area contributed by atoms with Gasteiger partial charge in [-0.05, 0) is 0 Å². The van der Waals surface area contributed by atoms with E-state index < -0.39 is 26.4 Å². The Balaban J connectivity index is 4.68. The van der Waals surface area contributed by atoms with E-state index in [0.29, 0.717) is 0 Å². The maximum Gasteiger partial charge on any atom is 0.515 e. The van der Waals surface area contributed by atoms with E-state index in [1.165, 1.54) is 6.92 Å². The molecule has 1 unspecified atom stereocenters. The molecule has 0 aliphatic rings. The molecule has 14 heavy (non-hydrogen) atoms. The Bertz CT molecular complexity index is 238. The lowest BCUT2D eigenvalue weighted by atomic mass is 10.2. The van der Waals surface area contributed by atoms with Gasteiger partial charge in [0.05, 0.1) is 0 Å². The van der Waals surface area contributed by atoms with Crippen molar-refractivity contribution in [2.75, 3.05) is 0 Å². The van der Waals surface area contributed by atoms with Gasteiger partial charge in [0, 0.05) is 6.42 Å². The molecule has 0 aromatic rings. The summed E-state index contributed by atoms with van der Waals surface area (Å²) in [6.45, 7) is 1.19. The molecule has 0 radical (unpaired) electrons. The predicted octanol–water partition coefficient (Wildman–Crippen LogP) is 3.10. The number of halogens is 5. The van der Waals surface area contributed by atoms with E-state index in [1.54, 1.807) is 0 Å². The molecule has 0 spiro atoms. The van der Waals surface area contributed by atoms with Crippen LogP contribution in [0.4, 0.5) is 21.8 Å². The van der Waals surface area contributed by atoms with E-state index in [0.717, 1.165) is 0 Å². The minimum atomic E-state index is -6.14. The maximum absolute atomic E-state index is 12.5. The van der Waals surface area contributed by atoms with Gasteiger partial charge in [0.15, 0.2) is 0 Å². The van der Waals surface area contributed by atoms with E-state index >= 15 is 0 Å². The summed E-state index contributed by atoms with van der Waals surface area (Å²) >= 11 is 0. The van der Waals surface area contributed by atoms with Crippen molar-refractivity contribution in [3.05, 3.63) is 0 Å². The van der Waals surface area contributed by atoms with E-state index in [4.69, 9.17) is 4.89 Å². The minimum absolute atomic E-state index is 0.312. The van der Waals surface area contributed by atoms with Crippen LogP contribution in [-0.2, 0) is 9.09 Å². The molecular formula is C5H8F5O3P. The molecular weight excluding hydrogens is 234 g/mol. The van der Waals surface area contributed by atoms with Gasteiger partial charge in [0.1, 0.15) is 0 Å². The quantitative estimate of drug-likeness (QED) is 0.595. The van der Waals surface area contributed by atoms with Gasteiger partial charge in [-0.3, -0.25) is 4.89 Å². The zero-order valence-electron chi connectivity index (χ0n) is 7.01. The summed E-state index contributed by atoms with van der Waals surface area (Å²) in [5.41, 5.74) is 0. The average molecular weight is 242 g/mol. The SMILES string of the molecule is CCCC(F)(F)C(F)(F)OP(=O)(O)F. The zero-order chi connectivity index (χ0) is 11.6. The molecule has 0 aliphatic heterocycles. The van der Waals surface area contributed by atoms with Gasteiger partial charge in [-0.2, -0.15) is 17.6 Å². The highest BCUT2D eigenvalue weighted by atomic mass is 31.2. The largest absolute Gasteiger partial charge is 0.515 e. The summed E-state index contributed by atoms with van der Waals surface area (Å²) < 4.78 is 73.6. The molecule has 1 atom stereocenters. The van der Waals surface area contributed by atoms with Gasteiger partial charge >= 0.3 is 19.9 Å². The standard InChI is InChI=1S/C5H8F5O3P/c1-2-3-4(6,7)5(8,9)13-14(10,11)12/h2-3H2,1H3,(H,11,12). The lowest BCUT2D eigenvalue weighted by Crippen LogP contribution is -2.41. The predicted molar refractivity (Wildman–Crippen MR) is 36.8 cm³/mol. The first kappa shape index (κ1) is 13.8.